The van der Waals surface area contributed by atoms with Gasteiger partial charge in [0.15, 0.2) is 0 Å². The van der Waals surface area contributed by atoms with Gasteiger partial charge in [-0.2, -0.15) is 11.3 Å². The standard InChI is InChI=1S/C10H16OS/c1-8(5-9(2)11)6-10-3-4-12-7-10/h3-4,7-9,11H,5-6H2,1-2H3. The first-order chi connectivity index (χ1) is 5.68. The van der Waals surface area contributed by atoms with Gasteiger partial charge in [-0.15, -0.1) is 0 Å². The molecule has 0 aliphatic rings. The summed E-state index contributed by atoms with van der Waals surface area (Å²) in [6.07, 6.45) is 1.82. The summed E-state index contributed by atoms with van der Waals surface area (Å²) < 4.78 is 0. The van der Waals surface area contributed by atoms with Crippen LogP contribution in [0.25, 0.3) is 0 Å². The molecule has 0 radical (unpaired) electrons. The first kappa shape index (κ1) is 9.75. The number of aliphatic hydroxyl groups is 1. The van der Waals surface area contributed by atoms with Crippen molar-refractivity contribution in [1.29, 1.82) is 0 Å². The molecular weight excluding hydrogens is 168 g/mol. The van der Waals surface area contributed by atoms with Crippen LogP contribution in [0, 0.1) is 5.92 Å². The summed E-state index contributed by atoms with van der Waals surface area (Å²) >= 11 is 1.74. The Balaban J connectivity index is 2.32. The van der Waals surface area contributed by atoms with E-state index in [0.29, 0.717) is 5.92 Å². The third-order valence-corrected chi connectivity index (χ3v) is 2.64. The van der Waals surface area contributed by atoms with E-state index >= 15 is 0 Å². The quantitative estimate of drug-likeness (QED) is 0.762. The maximum atomic E-state index is 9.15. The van der Waals surface area contributed by atoms with Gasteiger partial charge < -0.3 is 5.11 Å². The first-order valence-electron chi connectivity index (χ1n) is 4.37. The lowest BCUT2D eigenvalue weighted by atomic mass is 9.98. The third kappa shape index (κ3) is 3.37. The van der Waals surface area contributed by atoms with Gasteiger partial charge in [0.05, 0.1) is 6.10 Å². The molecule has 0 aliphatic heterocycles. The van der Waals surface area contributed by atoms with E-state index < -0.39 is 0 Å². The number of rotatable bonds is 4. The summed E-state index contributed by atoms with van der Waals surface area (Å²) in [5, 5.41) is 13.4. The predicted molar refractivity (Wildman–Crippen MR) is 53.5 cm³/mol. The highest BCUT2D eigenvalue weighted by Gasteiger charge is 2.06. The van der Waals surface area contributed by atoms with Crippen molar-refractivity contribution in [3.8, 4) is 0 Å². The average molecular weight is 184 g/mol. The normalized spacial score (nSPS) is 15.9. The van der Waals surface area contributed by atoms with E-state index in [9.17, 15) is 0 Å². The maximum absolute atomic E-state index is 9.15. The summed E-state index contributed by atoms with van der Waals surface area (Å²) in [7, 11) is 0. The Morgan fingerprint density at radius 2 is 2.25 bits per heavy atom. The summed E-state index contributed by atoms with van der Waals surface area (Å²) in [6.45, 7) is 4.04. The monoisotopic (exact) mass is 184 g/mol. The molecule has 0 spiro atoms. The number of aliphatic hydroxyl groups excluding tert-OH is 1. The van der Waals surface area contributed by atoms with Gasteiger partial charge in [0.1, 0.15) is 0 Å². The van der Waals surface area contributed by atoms with Gasteiger partial charge in [0.2, 0.25) is 0 Å². The topological polar surface area (TPSA) is 20.2 Å². The second-order valence-electron chi connectivity index (χ2n) is 3.53. The fraction of sp³-hybridized carbons (Fsp3) is 0.600. The lowest BCUT2D eigenvalue weighted by Gasteiger charge is -2.11. The molecule has 68 valence electrons. The van der Waals surface area contributed by atoms with Crippen molar-refractivity contribution in [3.05, 3.63) is 22.4 Å². The molecule has 1 aromatic heterocycles. The van der Waals surface area contributed by atoms with Crippen LogP contribution < -0.4 is 0 Å². The van der Waals surface area contributed by atoms with E-state index in [0.717, 1.165) is 12.8 Å². The van der Waals surface area contributed by atoms with Crippen LogP contribution in [-0.4, -0.2) is 11.2 Å². The number of hydrogen-bond acceptors (Lipinski definition) is 2. The van der Waals surface area contributed by atoms with Crippen molar-refractivity contribution in [2.45, 2.75) is 32.8 Å². The Kier molecular flexibility index (Phi) is 3.76. The summed E-state index contributed by atoms with van der Waals surface area (Å²) in [4.78, 5) is 0. The van der Waals surface area contributed by atoms with Crippen LogP contribution in [0.15, 0.2) is 16.8 Å². The molecule has 0 fully saturated rings. The molecule has 1 N–H and O–H groups in total. The Morgan fingerprint density at radius 1 is 1.50 bits per heavy atom. The molecule has 12 heavy (non-hydrogen) atoms. The molecular formula is C10H16OS. The van der Waals surface area contributed by atoms with Crippen molar-refractivity contribution >= 4 is 11.3 Å². The van der Waals surface area contributed by atoms with E-state index in [1.807, 2.05) is 6.92 Å². The molecule has 1 rings (SSSR count). The van der Waals surface area contributed by atoms with Crippen LogP contribution in [0.4, 0.5) is 0 Å². The summed E-state index contributed by atoms with van der Waals surface area (Å²) in [6, 6.07) is 2.16. The van der Waals surface area contributed by atoms with Crippen molar-refractivity contribution in [2.75, 3.05) is 0 Å². The first-order valence-corrected chi connectivity index (χ1v) is 5.32. The van der Waals surface area contributed by atoms with Crippen molar-refractivity contribution in [2.24, 2.45) is 5.92 Å². The molecule has 2 atom stereocenters. The van der Waals surface area contributed by atoms with Gasteiger partial charge in [0.25, 0.3) is 0 Å². The molecule has 2 heteroatoms. The van der Waals surface area contributed by atoms with Gasteiger partial charge in [-0.25, -0.2) is 0 Å². The minimum absolute atomic E-state index is 0.168. The number of hydrogen-bond donors (Lipinski definition) is 1. The number of thiophene rings is 1. The largest absolute Gasteiger partial charge is 0.393 e. The SMILES string of the molecule is CC(O)CC(C)Cc1ccsc1. The fourth-order valence-electron chi connectivity index (χ4n) is 1.48. The lowest BCUT2D eigenvalue weighted by Crippen LogP contribution is -2.08. The van der Waals surface area contributed by atoms with Crippen molar-refractivity contribution < 1.29 is 5.11 Å². The van der Waals surface area contributed by atoms with Crippen LogP contribution in [0.2, 0.25) is 0 Å². The van der Waals surface area contributed by atoms with Crippen molar-refractivity contribution in [3.63, 3.8) is 0 Å². The van der Waals surface area contributed by atoms with Crippen LogP contribution in [0.3, 0.4) is 0 Å². The van der Waals surface area contributed by atoms with Crippen LogP contribution >= 0.6 is 11.3 Å². The van der Waals surface area contributed by atoms with E-state index in [4.69, 9.17) is 5.11 Å². The highest BCUT2D eigenvalue weighted by Crippen LogP contribution is 2.15. The van der Waals surface area contributed by atoms with E-state index in [1.54, 1.807) is 11.3 Å². The van der Waals surface area contributed by atoms with E-state index in [-0.39, 0.29) is 6.10 Å². The molecule has 1 aromatic rings. The zero-order chi connectivity index (χ0) is 8.97. The lowest BCUT2D eigenvalue weighted by molar-refractivity contribution is 0.164. The van der Waals surface area contributed by atoms with Crippen LogP contribution in [0.1, 0.15) is 25.8 Å². The van der Waals surface area contributed by atoms with Gasteiger partial charge in [-0.05, 0) is 48.1 Å². The third-order valence-electron chi connectivity index (χ3n) is 1.91. The zero-order valence-corrected chi connectivity index (χ0v) is 8.47. The molecule has 1 heterocycles. The molecule has 0 aromatic carbocycles. The predicted octanol–water partition coefficient (Wildman–Crippen LogP) is 2.70. The highest BCUT2D eigenvalue weighted by atomic mass is 32.1. The minimum atomic E-state index is -0.168. The smallest absolute Gasteiger partial charge is 0.0514 e. The van der Waals surface area contributed by atoms with Crippen LogP contribution in [-0.2, 0) is 6.42 Å². The zero-order valence-electron chi connectivity index (χ0n) is 7.66. The van der Waals surface area contributed by atoms with Gasteiger partial charge in [-0.3, -0.25) is 0 Å². The highest BCUT2D eigenvalue weighted by molar-refractivity contribution is 7.07. The molecule has 0 saturated heterocycles. The van der Waals surface area contributed by atoms with Crippen molar-refractivity contribution in [1.82, 2.24) is 0 Å². The Hall–Kier alpha value is -0.340. The van der Waals surface area contributed by atoms with E-state index in [1.165, 1.54) is 5.56 Å². The second kappa shape index (κ2) is 4.63. The molecule has 1 nitrogen and oxygen atoms in total. The van der Waals surface area contributed by atoms with Gasteiger partial charge in [-0.1, -0.05) is 6.92 Å². The summed E-state index contributed by atoms with van der Waals surface area (Å²) in [5.74, 6) is 0.583. The fourth-order valence-corrected chi connectivity index (χ4v) is 2.16. The second-order valence-corrected chi connectivity index (χ2v) is 4.31. The minimum Gasteiger partial charge on any atom is -0.393 e. The maximum Gasteiger partial charge on any atom is 0.0514 e. The Morgan fingerprint density at radius 3 is 2.75 bits per heavy atom. The van der Waals surface area contributed by atoms with E-state index in [2.05, 4.69) is 23.8 Å². The molecule has 0 bridgehead atoms. The Bertz CT molecular complexity index is 204. The van der Waals surface area contributed by atoms with Gasteiger partial charge >= 0.3 is 0 Å². The van der Waals surface area contributed by atoms with Gasteiger partial charge in [0, 0.05) is 0 Å². The average Bonchev–Trinajstić information content (AvgIpc) is 2.37. The Labute approximate surface area is 78.1 Å². The molecule has 2 unspecified atom stereocenters. The summed E-state index contributed by atoms with van der Waals surface area (Å²) in [5.41, 5.74) is 1.40. The molecule has 0 amide bonds. The van der Waals surface area contributed by atoms with Crippen LogP contribution in [0.5, 0.6) is 0 Å². The molecule has 0 saturated carbocycles. The molecule has 0 aliphatic carbocycles.